The largest absolute Gasteiger partial charge is 0.326 e. The van der Waals surface area contributed by atoms with Gasteiger partial charge in [0.15, 0.2) is 0 Å². The molecule has 9 heteroatoms. The molecule has 0 radical (unpaired) electrons. The summed E-state index contributed by atoms with van der Waals surface area (Å²) in [5.41, 5.74) is 1.46. The summed E-state index contributed by atoms with van der Waals surface area (Å²) in [5.74, 6) is -0.316. The molecule has 0 aliphatic heterocycles. The predicted molar refractivity (Wildman–Crippen MR) is 103 cm³/mol. The zero-order chi connectivity index (χ0) is 18.7. The van der Waals surface area contributed by atoms with Gasteiger partial charge in [0.2, 0.25) is 15.9 Å². The van der Waals surface area contributed by atoms with Crippen LogP contribution in [0.1, 0.15) is 5.56 Å². The van der Waals surface area contributed by atoms with E-state index in [1.165, 1.54) is 6.07 Å². The summed E-state index contributed by atoms with van der Waals surface area (Å²) in [6.45, 7) is 0. The fourth-order valence-corrected chi connectivity index (χ4v) is 4.09. The van der Waals surface area contributed by atoms with Gasteiger partial charge < -0.3 is 5.32 Å². The molecule has 0 unspecified atom stereocenters. The molecule has 0 aliphatic carbocycles. The molecule has 26 heavy (non-hydrogen) atoms. The first kappa shape index (κ1) is 18.5. The Labute approximate surface area is 159 Å². The average Bonchev–Trinajstić information content (AvgIpc) is 3.10. The number of benzene rings is 2. The average molecular weight is 408 g/mol. The van der Waals surface area contributed by atoms with Gasteiger partial charge in [0.1, 0.15) is 0 Å². The van der Waals surface area contributed by atoms with Crippen molar-refractivity contribution < 1.29 is 13.2 Å². The zero-order valence-corrected chi connectivity index (χ0v) is 15.7. The summed E-state index contributed by atoms with van der Waals surface area (Å²) >= 11 is 7.21. The van der Waals surface area contributed by atoms with E-state index in [4.69, 9.17) is 16.7 Å². The Balaban J connectivity index is 1.87. The molecule has 0 bridgehead atoms. The van der Waals surface area contributed by atoms with Gasteiger partial charge in [0.05, 0.1) is 16.2 Å². The van der Waals surface area contributed by atoms with Crippen molar-refractivity contribution in [2.75, 3.05) is 5.32 Å². The van der Waals surface area contributed by atoms with Crippen molar-refractivity contribution in [2.24, 2.45) is 5.14 Å². The highest BCUT2D eigenvalue weighted by atomic mass is 35.5. The Bertz CT molecular complexity index is 1050. The number of carbonyl (C=O) groups is 1. The quantitative estimate of drug-likeness (QED) is 0.677. The third-order valence-electron chi connectivity index (χ3n) is 3.58. The van der Waals surface area contributed by atoms with Crippen molar-refractivity contribution in [3.63, 3.8) is 0 Å². The van der Waals surface area contributed by atoms with Gasteiger partial charge in [-0.15, -0.1) is 0 Å². The highest BCUT2D eigenvalue weighted by molar-refractivity contribution is 7.89. The van der Waals surface area contributed by atoms with Gasteiger partial charge in [0.25, 0.3) is 0 Å². The van der Waals surface area contributed by atoms with Crippen LogP contribution in [0, 0.1) is 0 Å². The van der Waals surface area contributed by atoms with Crippen LogP contribution < -0.4 is 10.5 Å². The van der Waals surface area contributed by atoms with Gasteiger partial charge in [-0.05, 0) is 41.4 Å². The number of sulfonamides is 1. The number of nitrogens with two attached hydrogens (primary N) is 1. The number of nitrogens with zero attached hydrogens (tertiary/aromatic N) is 1. The smallest absolute Gasteiger partial charge is 0.238 e. The van der Waals surface area contributed by atoms with Crippen LogP contribution in [0.25, 0.3) is 10.4 Å². The summed E-state index contributed by atoms with van der Waals surface area (Å²) in [6, 6.07) is 13.3. The van der Waals surface area contributed by atoms with Gasteiger partial charge >= 0.3 is 0 Å². The lowest BCUT2D eigenvalue weighted by molar-refractivity contribution is -0.115. The summed E-state index contributed by atoms with van der Waals surface area (Å²) in [7, 11) is -3.98. The van der Waals surface area contributed by atoms with E-state index < -0.39 is 10.0 Å². The van der Waals surface area contributed by atoms with Crippen LogP contribution in [-0.4, -0.2) is 18.7 Å². The lowest BCUT2D eigenvalue weighted by Crippen LogP contribution is -2.17. The number of amides is 1. The van der Waals surface area contributed by atoms with Gasteiger partial charge in [-0.25, -0.2) is 17.9 Å². The lowest BCUT2D eigenvalue weighted by atomic mass is 10.1. The number of aromatic nitrogens is 1. The van der Waals surface area contributed by atoms with Crippen molar-refractivity contribution in [1.29, 1.82) is 0 Å². The van der Waals surface area contributed by atoms with Gasteiger partial charge in [-0.3, -0.25) is 4.79 Å². The molecule has 3 N–H and O–H groups in total. The standard InChI is InChI=1S/C17H14ClN3O3S2/c18-14-4-2-1-3-11(14)9-17(22)21-12-5-6-13(15-7-8-20-25-15)16(10-12)26(19,23)24/h1-8,10H,9H2,(H,21,22)(H2,19,23,24). The van der Waals surface area contributed by atoms with Crippen LogP contribution in [0.3, 0.4) is 0 Å². The molecular formula is C17H14ClN3O3S2. The second kappa shape index (κ2) is 7.55. The summed E-state index contributed by atoms with van der Waals surface area (Å²) in [5, 5.41) is 8.50. The molecule has 134 valence electrons. The number of rotatable bonds is 5. The monoisotopic (exact) mass is 407 g/mol. The first-order valence-corrected chi connectivity index (χ1v) is 10.2. The molecule has 2 aromatic carbocycles. The summed E-state index contributed by atoms with van der Waals surface area (Å²) in [6.07, 6.45) is 1.65. The molecule has 0 saturated heterocycles. The Hall–Kier alpha value is -2.26. The number of nitrogens with one attached hydrogen (secondary N) is 1. The molecule has 0 spiro atoms. The van der Waals surface area contributed by atoms with Crippen LogP contribution >= 0.6 is 23.1 Å². The maximum Gasteiger partial charge on any atom is 0.238 e. The number of primary sulfonamides is 1. The number of carbonyl (C=O) groups excluding carboxylic acids is 1. The van der Waals surface area contributed by atoms with Crippen LogP contribution in [0.2, 0.25) is 5.02 Å². The van der Waals surface area contributed by atoms with Crippen molar-refractivity contribution in [3.8, 4) is 10.4 Å². The van der Waals surface area contributed by atoms with E-state index in [2.05, 4.69) is 9.69 Å². The fourth-order valence-electron chi connectivity index (χ4n) is 2.41. The molecule has 3 aromatic rings. The molecule has 1 amide bonds. The lowest BCUT2D eigenvalue weighted by Gasteiger charge is -2.11. The number of halogens is 1. The molecule has 0 aliphatic rings. The Morgan fingerprint density at radius 1 is 1.19 bits per heavy atom. The summed E-state index contributed by atoms with van der Waals surface area (Å²) < 4.78 is 27.9. The Morgan fingerprint density at radius 2 is 1.96 bits per heavy atom. The highest BCUT2D eigenvalue weighted by Gasteiger charge is 2.18. The molecule has 1 heterocycles. The second-order valence-corrected chi connectivity index (χ2v) is 8.22. The minimum Gasteiger partial charge on any atom is -0.326 e. The van der Waals surface area contributed by atoms with Crippen LogP contribution in [0.4, 0.5) is 5.69 Å². The van der Waals surface area contributed by atoms with E-state index in [1.807, 2.05) is 0 Å². The summed E-state index contributed by atoms with van der Waals surface area (Å²) in [4.78, 5) is 12.8. The van der Waals surface area contributed by atoms with E-state index in [9.17, 15) is 13.2 Å². The van der Waals surface area contributed by atoms with Crippen LogP contribution in [-0.2, 0) is 21.2 Å². The van der Waals surface area contributed by atoms with Gasteiger partial charge in [-0.1, -0.05) is 35.9 Å². The number of hydrogen-bond donors (Lipinski definition) is 2. The molecule has 0 saturated carbocycles. The van der Waals surface area contributed by atoms with Crippen LogP contribution in [0.15, 0.2) is 59.6 Å². The van der Waals surface area contributed by atoms with E-state index >= 15 is 0 Å². The van der Waals surface area contributed by atoms with Crippen LogP contribution in [0.5, 0.6) is 0 Å². The maximum absolute atomic E-state index is 12.3. The van der Waals surface area contributed by atoms with E-state index in [-0.39, 0.29) is 17.2 Å². The first-order valence-electron chi connectivity index (χ1n) is 7.46. The van der Waals surface area contributed by atoms with Crippen molar-refractivity contribution in [3.05, 3.63) is 65.3 Å². The topological polar surface area (TPSA) is 102 Å². The minimum atomic E-state index is -3.98. The third kappa shape index (κ3) is 4.28. The molecule has 6 nitrogen and oxygen atoms in total. The Kier molecular flexibility index (Phi) is 5.38. The minimum absolute atomic E-state index is 0.0704. The number of anilines is 1. The molecule has 1 aromatic heterocycles. The normalized spacial score (nSPS) is 11.3. The molecule has 3 rings (SSSR count). The fraction of sp³-hybridized carbons (Fsp3) is 0.0588. The second-order valence-electron chi connectivity index (χ2n) is 5.45. The van der Waals surface area contributed by atoms with Crippen molar-refractivity contribution >= 4 is 44.8 Å². The Morgan fingerprint density at radius 3 is 2.62 bits per heavy atom. The molecular weight excluding hydrogens is 394 g/mol. The highest BCUT2D eigenvalue weighted by Crippen LogP contribution is 2.31. The van der Waals surface area contributed by atoms with Crippen molar-refractivity contribution in [1.82, 2.24) is 4.37 Å². The van der Waals surface area contributed by atoms with Gasteiger partial charge in [0, 0.05) is 22.5 Å². The van der Waals surface area contributed by atoms with E-state index in [0.29, 0.717) is 26.7 Å². The van der Waals surface area contributed by atoms with Crippen molar-refractivity contribution in [2.45, 2.75) is 11.3 Å². The SMILES string of the molecule is NS(=O)(=O)c1cc(NC(=O)Cc2ccccc2Cl)ccc1-c1ccns1. The maximum atomic E-state index is 12.3. The molecule has 0 atom stereocenters. The van der Waals surface area contributed by atoms with E-state index in [1.54, 1.807) is 48.7 Å². The van der Waals surface area contributed by atoms with E-state index in [0.717, 1.165) is 11.5 Å². The number of hydrogen-bond acceptors (Lipinski definition) is 5. The molecule has 0 fully saturated rings. The predicted octanol–water partition coefficient (Wildman–Crippen LogP) is 3.29. The zero-order valence-electron chi connectivity index (χ0n) is 13.3. The first-order chi connectivity index (χ1) is 12.3. The van der Waals surface area contributed by atoms with Gasteiger partial charge in [-0.2, -0.15) is 0 Å². The third-order valence-corrected chi connectivity index (χ3v) is 5.68.